The Balaban J connectivity index is 1.97. The summed E-state index contributed by atoms with van der Waals surface area (Å²) in [5.74, 6) is 0.714. The molecule has 1 heterocycles. The van der Waals surface area contributed by atoms with Gasteiger partial charge in [-0.2, -0.15) is 4.98 Å². The molecule has 0 bridgehead atoms. The van der Waals surface area contributed by atoms with Crippen molar-refractivity contribution in [3.05, 3.63) is 34.9 Å². The molecule has 0 spiro atoms. The first-order valence-electron chi connectivity index (χ1n) is 5.53. The van der Waals surface area contributed by atoms with Crippen molar-refractivity contribution in [3.63, 3.8) is 0 Å². The number of hydrogen-bond donors (Lipinski definition) is 0. The van der Waals surface area contributed by atoms with Gasteiger partial charge < -0.3 is 4.52 Å². The lowest BCUT2D eigenvalue weighted by molar-refractivity contribution is 0.292. The van der Waals surface area contributed by atoms with Gasteiger partial charge in [-0.3, -0.25) is 0 Å². The van der Waals surface area contributed by atoms with E-state index in [4.69, 9.17) is 16.1 Å². The molecule has 0 amide bonds. The maximum absolute atomic E-state index is 13.7. The van der Waals surface area contributed by atoms with Crippen LogP contribution in [-0.4, -0.2) is 10.1 Å². The van der Waals surface area contributed by atoms with E-state index in [1.807, 2.05) is 0 Å². The molecule has 1 aromatic heterocycles. The summed E-state index contributed by atoms with van der Waals surface area (Å²) in [5, 5.41) is 3.87. The molecule has 0 saturated heterocycles. The molecule has 3 nitrogen and oxygen atoms in total. The molecule has 0 radical (unpaired) electrons. The first kappa shape index (κ1) is 10.7. The lowest BCUT2D eigenvalue weighted by Gasteiger charge is -2.20. The predicted molar refractivity (Wildman–Crippen MR) is 61.3 cm³/mol. The Bertz CT molecular complexity index is 551. The number of nitrogens with zero attached hydrogens (tertiary/aromatic N) is 2. The highest BCUT2D eigenvalue weighted by molar-refractivity contribution is 6.31. The van der Waals surface area contributed by atoms with Crippen LogP contribution in [0.15, 0.2) is 22.7 Å². The molecule has 1 aromatic carbocycles. The van der Waals surface area contributed by atoms with Gasteiger partial charge in [-0.1, -0.05) is 29.2 Å². The quantitative estimate of drug-likeness (QED) is 0.816. The second-order valence-corrected chi connectivity index (χ2v) is 4.59. The number of hydrogen-bond acceptors (Lipinski definition) is 3. The van der Waals surface area contributed by atoms with Crippen molar-refractivity contribution in [1.82, 2.24) is 10.1 Å². The lowest BCUT2D eigenvalue weighted by atomic mass is 9.85. The maximum Gasteiger partial charge on any atom is 0.230 e. The summed E-state index contributed by atoms with van der Waals surface area (Å²) in [5.41, 5.74) is 0.284. The minimum absolute atomic E-state index is 0.0671. The van der Waals surface area contributed by atoms with Gasteiger partial charge in [0.1, 0.15) is 0 Å². The second kappa shape index (κ2) is 4.11. The van der Waals surface area contributed by atoms with Crippen LogP contribution in [0.25, 0.3) is 11.4 Å². The van der Waals surface area contributed by atoms with Gasteiger partial charge in [-0.05, 0) is 25.0 Å². The normalized spacial score (nSPS) is 15.9. The fourth-order valence-electron chi connectivity index (χ4n) is 1.84. The fourth-order valence-corrected chi connectivity index (χ4v) is 2.02. The van der Waals surface area contributed by atoms with Gasteiger partial charge >= 0.3 is 0 Å². The third-order valence-electron chi connectivity index (χ3n) is 3.09. The van der Waals surface area contributed by atoms with E-state index in [1.54, 1.807) is 12.1 Å². The number of halogens is 2. The molecule has 0 unspecified atom stereocenters. The van der Waals surface area contributed by atoms with Crippen molar-refractivity contribution in [2.45, 2.75) is 25.2 Å². The van der Waals surface area contributed by atoms with E-state index in [9.17, 15) is 4.39 Å². The smallest absolute Gasteiger partial charge is 0.230 e. The molecule has 0 N–H and O–H groups in total. The average molecular weight is 253 g/mol. The molecule has 0 atom stereocenters. The molecule has 3 rings (SSSR count). The monoisotopic (exact) mass is 252 g/mol. The molecule has 5 heteroatoms. The van der Waals surface area contributed by atoms with Crippen LogP contribution < -0.4 is 0 Å². The summed E-state index contributed by atoms with van der Waals surface area (Å²) < 4.78 is 18.9. The summed E-state index contributed by atoms with van der Waals surface area (Å²) in [6.45, 7) is 0. The molecular weight excluding hydrogens is 243 g/mol. The van der Waals surface area contributed by atoms with E-state index in [1.165, 1.54) is 12.5 Å². The molecule has 1 aliphatic carbocycles. The van der Waals surface area contributed by atoms with Crippen molar-refractivity contribution >= 4 is 11.6 Å². The molecule has 17 heavy (non-hydrogen) atoms. The summed E-state index contributed by atoms with van der Waals surface area (Å²) in [6.07, 6.45) is 3.33. The number of aromatic nitrogens is 2. The van der Waals surface area contributed by atoms with E-state index in [-0.39, 0.29) is 16.4 Å². The third-order valence-corrected chi connectivity index (χ3v) is 3.38. The summed E-state index contributed by atoms with van der Waals surface area (Å²) in [4.78, 5) is 4.23. The summed E-state index contributed by atoms with van der Waals surface area (Å²) in [6, 6.07) is 4.75. The molecule has 1 aliphatic rings. The van der Waals surface area contributed by atoms with E-state index < -0.39 is 5.82 Å². The molecule has 88 valence electrons. The third kappa shape index (κ3) is 1.82. The first-order chi connectivity index (χ1) is 8.25. The zero-order valence-electron chi connectivity index (χ0n) is 8.99. The van der Waals surface area contributed by atoms with Crippen molar-refractivity contribution in [1.29, 1.82) is 0 Å². The molecule has 2 aromatic rings. The van der Waals surface area contributed by atoms with E-state index in [2.05, 4.69) is 10.1 Å². The highest BCUT2D eigenvalue weighted by Crippen LogP contribution is 2.36. The average Bonchev–Trinajstić information content (AvgIpc) is 2.68. The number of rotatable bonds is 2. The Labute approximate surface area is 103 Å². The Morgan fingerprint density at radius 3 is 2.88 bits per heavy atom. The van der Waals surface area contributed by atoms with Crippen LogP contribution in [0.5, 0.6) is 0 Å². The van der Waals surface area contributed by atoms with Gasteiger partial charge in [0.25, 0.3) is 0 Å². The molecule has 1 fully saturated rings. The Kier molecular flexibility index (Phi) is 2.59. The van der Waals surface area contributed by atoms with Crippen molar-refractivity contribution in [2.24, 2.45) is 0 Å². The highest BCUT2D eigenvalue weighted by atomic mass is 35.5. The zero-order valence-corrected chi connectivity index (χ0v) is 9.75. The first-order valence-corrected chi connectivity index (χ1v) is 5.91. The van der Waals surface area contributed by atoms with Gasteiger partial charge in [0, 0.05) is 5.92 Å². The predicted octanol–water partition coefficient (Wildman–Crippen LogP) is 3.80. The van der Waals surface area contributed by atoms with Crippen LogP contribution in [0.4, 0.5) is 4.39 Å². The molecule has 0 aliphatic heterocycles. The van der Waals surface area contributed by atoms with Crippen molar-refractivity contribution in [2.75, 3.05) is 0 Å². The van der Waals surface area contributed by atoms with Gasteiger partial charge in [-0.25, -0.2) is 4.39 Å². The van der Waals surface area contributed by atoms with Crippen molar-refractivity contribution in [3.8, 4) is 11.4 Å². The van der Waals surface area contributed by atoms with Gasteiger partial charge in [-0.15, -0.1) is 0 Å². The van der Waals surface area contributed by atoms with E-state index >= 15 is 0 Å². The zero-order chi connectivity index (χ0) is 11.8. The van der Waals surface area contributed by atoms with Gasteiger partial charge in [0.05, 0.1) is 10.6 Å². The minimum atomic E-state index is -0.505. The van der Waals surface area contributed by atoms with Crippen LogP contribution in [0.1, 0.15) is 31.1 Å². The van der Waals surface area contributed by atoms with Crippen LogP contribution >= 0.6 is 11.6 Å². The second-order valence-electron chi connectivity index (χ2n) is 4.19. The Morgan fingerprint density at radius 2 is 2.18 bits per heavy atom. The summed E-state index contributed by atoms with van der Waals surface area (Å²) >= 11 is 5.71. The minimum Gasteiger partial charge on any atom is -0.339 e. The maximum atomic E-state index is 13.7. The SMILES string of the molecule is Fc1c(Cl)cccc1-c1noc(C2CCC2)n1. The summed E-state index contributed by atoms with van der Waals surface area (Å²) in [7, 11) is 0. The molecule has 1 saturated carbocycles. The van der Waals surface area contributed by atoms with Crippen LogP contribution in [0.3, 0.4) is 0 Å². The van der Waals surface area contributed by atoms with Crippen LogP contribution in [0, 0.1) is 5.82 Å². The van der Waals surface area contributed by atoms with Crippen LogP contribution in [0.2, 0.25) is 5.02 Å². The Morgan fingerprint density at radius 1 is 1.35 bits per heavy atom. The van der Waals surface area contributed by atoms with E-state index in [0.717, 1.165) is 12.8 Å². The Hall–Kier alpha value is -1.42. The van der Waals surface area contributed by atoms with Gasteiger partial charge in [0.15, 0.2) is 5.82 Å². The van der Waals surface area contributed by atoms with Crippen molar-refractivity contribution < 1.29 is 8.91 Å². The van der Waals surface area contributed by atoms with Gasteiger partial charge in [0.2, 0.25) is 11.7 Å². The highest BCUT2D eigenvalue weighted by Gasteiger charge is 2.26. The number of benzene rings is 1. The molecular formula is C12H10ClFN2O. The largest absolute Gasteiger partial charge is 0.339 e. The lowest BCUT2D eigenvalue weighted by Crippen LogP contribution is -2.08. The topological polar surface area (TPSA) is 38.9 Å². The van der Waals surface area contributed by atoms with Crippen LogP contribution in [-0.2, 0) is 0 Å². The van der Waals surface area contributed by atoms with E-state index in [0.29, 0.717) is 11.8 Å². The standard InChI is InChI=1S/C12H10ClFN2O/c13-9-6-2-5-8(10(9)14)11-15-12(17-16-11)7-3-1-4-7/h2,5-7H,1,3-4H2. The fraction of sp³-hybridized carbons (Fsp3) is 0.333.